The molecule has 0 aliphatic carbocycles. The van der Waals surface area contributed by atoms with Gasteiger partial charge in [-0.25, -0.2) is 4.39 Å². The molecular weight excluding hydrogens is 217 g/mol. The van der Waals surface area contributed by atoms with Gasteiger partial charge < -0.3 is 5.73 Å². The Morgan fingerprint density at radius 1 is 1.47 bits per heavy atom. The summed E-state index contributed by atoms with van der Waals surface area (Å²) in [6.07, 6.45) is 0. The molecule has 2 nitrogen and oxygen atoms in total. The number of Topliss-reactive ketones (excluding diaryl/α,β-unsaturated/α-hetero) is 1. The van der Waals surface area contributed by atoms with Crippen molar-refractivity contribution >= 4 is 17.4 Å². The first-order valence-electron chi connectivity index (χ1n) is 4.60. The number of halogens is 2. The molecule has 2 unspecified atom stereocenters. The largest absolute Gasteiger partial charge is 0.325 e. The summed E-state index contributed by atoms with van der Waals surface area (Å²) in [6.45, 7) is 2.66. The minimum absolute atomic E-state index is 0.279. The zero-order valence-corrected chi connectivity index (χ0v) is 9.38. The number of nitrogens with two attached hydrogens (primary N) is 1. The van der Waals surface area contributed by atoms with Crippen LogP contribution in [0.4, 0.5) is 4.39 Å². The average molecular weight is 230 g/mol. The highest BCUT2D eigenvalue weighted by atomic mass is 35.5. The van der Waals surface area contributed by atoms with Crippen molar-refractivity contribution in [3.63, 3.8) is 0 Å². The lowest BCUT2D eigenvalue weighted by Gasteiger charge is -2.22. The molecule has 1 rings (SSSR count). The zero-order chi connectivity index (χ0) is 11.6. The molecule has 0 radical (unpaired) electrons. The fourth-order valence-corrected chi connectivity index (χ4v) is 1.22. The fraction of sp³-hybridized carbons (Fsp3) is 0.364. The average Bonchev–Trinajstić information content (AvgIpc) is 2.17. The van der Waals surface area contributed by atoms with Crippen molar-refractivity contribution < 1.29 is 9.18 Å². The second-order valence-electron chi connectivity index (χ2n) is 3.70. The molecule has 2 N–H and O–H groups in total. The van der Waals surface area contributed by atoms with Crippen molar-refractivity contribution in [2.75, 3.05) is 0 Å². The van der Waals surface area contributed by atoms with E-state index in [1.165, 1.54) is 26.0 Å². The first kappa shape index (κ1) is 12.1. The van der Waals surface area contributed by atoms with E-state index in [2.05, 4.69) is 0 Å². The van der Waals surface area contributed by atoms with E-state index in [1.54, 1.807) is 12.1 Å². The summed E-state index contributed by atoms with van der Waals surface area (Å²) in [7, 11) is 0. The van der Waals surface area contributed by atoms with Gasteiger partial charge in [0.2, 0.25) is 5.78 Å². The molecule has 1 aromatic carbocycles. The Balaban J connectivity index is 3.00. The Bertz CT molecular complexity index is 359. The number of hydrogen-bond donors (Lipinski definition) is 1. The Labute approximate surface area is 93.2 Å². The van der Waals surface area contributed by atoms with Crippen LogP contribution in [0.2, 0.25) is 5.02 Å². The number of carbonyl (C=O) groups is 1. The smallest absolute Gasteiger partial charge is 0.201 e. The topological polar surface area (TPSA) is 43.1 Å². The normalized spacial score (nSPS) is 16.9. The molecule has 0 amide bonds. The van der Waals surface area contributed by atoms with Crippen LogP contribution < -0.4 is 5.73 Å². The Kier molecular flexibility index (Phi) is 3.47. The molecule has 0 aliphatic rings. The SMILES string of the molecule is CC(N)C(C)(F)C(=O)c1ccc(Cl)cc1. The third-order valence-electron chi connectivity index (χ3n) is 2.41. The maximum atomic E-state index is 13.9. The Morgan fingerprint density at radius 2 is 1.93 bits per heavy atom. The van der Waals surface area contributed by atoms with Gasteiger partial charge in [-0.15, -0.1) is 0 Å². The van der Waals surface area contributed by atoms with Crippen LogP contribution in [0.5, 0.6) is 0 Å². The predicted octanol–water partition coefficient (Wildman–Crippen LogP) is 2.60. The van der Waals surface area contributed by atoms with E-state index in [0.717, 1.165) is 0 Å². The van der Waals surface area contributed by atoms with E-state index >= 15 is 0 Å². The zero-order valence-electron chi connectivity index (χ0n) is 8.63. The number of rotatable bonds is 3. The van der Waals surface area contributed by atoms with Gasteiger partial charge in [0.1, 0.15) is 0 Å². The predicted molar refractivity (Wildman–Crippen MR) is 58.9 cm³/mol. The molecule has 0 saturated carbocycles. The standard InChI is InChI=1S/C11H13ClFNO/c1-7(14)11(2,13)10(15)8-3-5-9(12)6-4-8/h3-7H,14H2,1-2H3. The van der Waals surface area contributed by atoms with Crippen molar-refractivity contribution in [3.05, 3.63) is 34.9 Å². The molecule has 2 atom stereocenters. The van der Waals surface area contributed by atoms with Crippen LogP contribution in [-0.2, 0) is 0 Å². The van der Waals surface area contributed by atoms with Crippen LogP contribution in [0.25, 0.3) is 0 Å². The number of ketones is 1. The summed E-state index contributed by atoms with van der Waals surface area (Å²) >= 11 is 5.66. The molecule has 0 aliphatic heterocycles. The third-order valence-corrected chi connectivity index (χ3v) is 2.66. The highest BCUT2D eigenvalue weighted by molar-refractivity contribution is 6.30. The van der Waals surface area contributed by atoms with Crippen LogP contribution in [0.1, 0.15) is 24.2 Å². The third kappa shape index (κ3) is 2.55. The molecule has 4 heteroatoms. The molecule has 1 aromatic rings. The molecule has 0 bridgehead atoms. The van der Waals surface area contributed by atoms with Crippen LogP contribution in [-0.4, -0.2) is 17.5 Å². The summed E-state index contributed by atoms with van der Waals surface area (Å²) in [5, 5.41) is 0.507. The van der Waals surface area contributed by atoms with Crippen LogP contribution >= 0.6 is 11.6 Å². The minimum atomic E-state index is -2.05. The number of benzene rings is 1. The highest BCUT2D eigenvalue weighted by Crippen LogP contribution is 2.21. The lowest BCUT2D eigenvalue weighted by Crippen LogP contribution is -2.46. The van der Waals surface area contributed by atoms with Gasteiger partial charge >= 0.3 is 0 Å². The van der Waals surface area contributed by atoms with Crippen LogP contribution in [0, 0.1) is 0 Å². The van der Waals surface area contributed by atoms with Gasteiger partial charge in [-0.2, -0.15) is 0 Å². The lowest BCUT2D eigenvalue weighted by atomic mass is 9.91. The first-order chi connectivity index (χ1) is 6.85. The first-order valence-corrected chi connectivity index (χ1v) is 4.98. The van der Waals surface area contributed by atoms with E-state index in [0.29, 0.717) is 5.02 Å². The molecule has 0 saturated heterocycles. The number of carbonyl (C=O) groups excluding carboxylic acids is 1. The lowest BCUT2D eigenvalue weighted by molar-refractivity contribution is 0.0677. The van der Waals surface area contributed by atoms with E-state index in [1.807, 2.05) is 0 Å². The Morgan fingerprint density at radius 3 is 2.33 bits per heavy atom. The van der Waals surface area contributed by atoms with E-state index < -0.39 is 17.5 Å². The minimum Gasteiger partial charge on any atom is -0.325 e. The quantitative estimate of drug-likeness (QED) is 0.810. The molecule has 0 fully saturated rings. The van der Waals surface area contributed by atoms with Crippen molar-refractivity contribution in [2.45, 2.75) is 25.6 Å². The van der Waals surface area contributed by atoms with Crippen LogP contribution in [0.15, 0.2) is 24.3 Å². The van der Waals surface area contributed by atoms with E-state index in [4.69, 9.17) is 17.3 Å². The molecule has 0 heterocycles. The summed E-state index contributed by atoms with van der Waals surface area (Å²) < 4.78 is 13.9. The number of alkyl halides is 1. The van der Waals surface area contributed by atoms with Gasteiger partial charge in [0, 0.05) is 16.6 Å². The summed E-state index contributed by atoms with van der Waals surface area (Å²) in [5.74, 6) is -0.617. The second kappa shape index (κ2) is 4.29. The van der Waals surface area contributed by atoms with Crippen LogP contribution in [0.3, 0.4) is 0 Å². The van der Waals surface area contributed by atoms with Crippen molar-refractivity contribution in [3.8, 4) is 0 Å². The maximum Gasteiger partial charge on any atom is 0.201 e. The van der Waals surface area contributed by atoms with Crippen molar-refractivity contribution in [1.29, 1.82) is 0 Å². The van der Waals surface area contributed by atoms with Crippen molar-refractivity contribution in [1.82, 2.24) is 0 Å². The van der Waals surface area contributed by atoms with Gasteiger partial charge in [0.15, 0.2) is 5.67 Å². The van der Waals surface area contributed by atoms with Gasteiger partial charge in [-0.3, -0.25) is 4.79 Å². The second-order valence-corrected chi connectivity index (χ2v) is 4.14. The van der Waals surface area contributed by atoms with Crippen molar-refractivity contribution in [2.24, 2.45) is 5.73 Å². The molecule has 0 spiro atoms. The van der Waals surface area contributed by atoms with Gasteiger partial charge in [-0.1, -0.05) is 11.6 Å². The summed E-state index contributed by atoms with van der Waals surface area (Å²) in [4.78, 5) is 11.7. The highest BCUT2D eigenvalue weighted by Gasteiger charge is 2.37. The van der Waals surface area contributed by atoms with Gasteiger partial charge in [-0.05, 0) is 38.1 Å². The molecule has 15 heavy (non-hydrogen) atoms. The monoisotopic (exact) mass is 229 g/mol. The summed E-state index contributed by atoms with van der Waals surface area (Å²) in [5.41, 5.74) is 3.65. The summed E-state index contributed by atoms with van der Waals surface area (Å²) in [6, 6.07) is 5.23. The fourth-order valence-electron chi connectivity index (χ4n) is 1.09. The van der Waals surface area contributed by atoms with E-state index in [9.17, 15) is 9.18 Å². The molecule has 82 valence electrons. The molecular formula is C11H13ClFNO. The number of hydrogen-bond acceptors (Lipinski definition) is 2. The van der Waals surface area contributed by atoms with E-state index in [-0.39, 0.29) is 5.56 Å². The molecule has 0 aromatic heterocycles. The van der Waals surface area contributed by atoms with Gasteiger partial charge in [0.05, 0.1) is 0 Å². The maximum absolute atomic E-state index is 13.9. The van der Waals surface area contributed by atoms with Gasteiger partial charge in [0.25, 0.3) is 0 Å². The Hall–Kier alpha value is -0.930.